The number of morpholine rings is 1. The van der Waals surface area contributed by atoms with E-state index in [9.17, 15) is 4.79 Å². The Bertz CT molecular complexity index is 496. The van der Waals surface area contributed by atoms with E-state index >= 15 is 0 Å². The van der Waals surface area contributed by atoms with Crippen molar-refractivity contribution in [1.82, 2.24) is 4.90 Å². The van der Waals surface area contributed by atoms with Crippen molar-refractivity contribution in [2.75, 3.05) is 39.5 Å². The summed E-state index contributed by atoms with van der Waals surface area (Å²) >= 11 is 0. The van der Waals surface area contributed by atoms with E-state index in [1.54, 1.807) is 13.0 Å². The topological polar surface area (TPSA) is 48.0 Å². The first kappa shape index (κ1) is 17.9. The van der Waals surface area contributed by atoms with Gasteiger partial charge in [-0.3, -0.25) is 9.69 Å². The molecule has 128 valence electrons. The van der Waals surface area contributed by atoms with Gasteiger partial charge >= 0.3 is 0 Å². The van der Waals surface area contributed by atoms with Gasteiger partial charge in [0.05, 0.1) is 31.0 Å². The lowest BCUT2D eigenvalue weighted by atomic mass is 10.1. The quantitative estimate of drug-likeness (QED) is 0.543. The molecule has 1 heterocycles. The SMILES string of the molecule is CC(=O)c1ccccc1OCCOCCN1C[C@H](C)O[C@@H](C)C1. The summed E-state index contributed by atoms with van der Waals surface area (Å²) < 4.78 is 17.0. The molecular formula is C18H27NO4. The number of benzene rings is 1. The van der Waals surface area contributed by atoms with Crippen LogP contribution in [0.2, 0.25) is 0 Å². The Balaban J connectivity index is 1.62. The van der Waals surface area contributed by atoms with Gasteiger partial charge in [-0.15, -0.1) is 0 Å². The fourth-order valence-electron chi connectivity index (χ4n) is 2.86. The van der Waals surface area contributed by atoms with Crippen molar-refractivity contribution in [2.45, 2.75) is 33.0 Å². The second-order valence-electron chi connectivity index (χ2n) is 6.03. The van der Waals surface area contributed by atoms with Crippen molar-refractivity contribution in [1.29, 1.82) is 0 Å². The highest BCUT2D eigenvalue weighted by atomic mass is 16.5. The van der Waals surface area contributed by atoms with Crippen molar-refractivity contribution < 1.29 is 19.0 Å². The van der Waals surface area contributed by atoms with E-state index in [0.717, 1.165) is 19.6 Å². The molecule has 0 aromatic heterocycles. The predicted molar refractivity (Wildman–Crippen MR) is 89.2 cm³/mol. The molecule has 0 amide bonds. The highest BCUT2D eigenvalue weighted by Crippen LogP contribution is 2.18. The maximum atomic E-state index is 11.5. The normalized spacial score (nSPS) is 22.0. The van der Waals surface area contributed by atoms with Crippen LogP contribution in [-0.2, 0) is 9.47 Å². The molecule has 2 rings (SSSR count). The van der Waals surface area contributed by atoms with E-state index in [2.05, 4.69) is 18.7 Å². The van der Waals surface area contributed by atoms with Gasteiger partial charge in [0.1, 0.15) is 12.4 Å². The fourth-order valence-corrected chi connectivity index (χ4v) is 2.86. The number of para-hydroxylation sites is 1. The largest absolute Gasteiger partial charge is 0.490 e. The van der Waals surface area contributed by atoms with Gasteiger partial charge in [0.15, 0.2) is 5.78 Å². The summed E-state index contributed by atoms with van der Waals surface area (Å²) in [5.41, 5.74) is 0.615. The molecule has 0 spiro atoms. The Morgan fingerprint density at radius 3 is 2.57 bits per heavy atom. The van der Waals surface area contributed by atoms with Crippen LogP contribution >= 0.6 is 0 Å². The lowest BCUT2D eigenvalue weighted by Gasteiger charge is -2.35. The molecule has 2 atom stereocenters. The molecule has 0 unspecified atom stereocenters. The van der Waals surface area contributed by atoms with Gasteiger partial charge in [0.25, 0.3) is 0 Å². The first-order valence-corrected chi connectivity index (χ1v) is 8.24. The summed E-state index contributed by atoms with van der Waals surface area (Å²) in [6.45, 7) is 10.2. The van der Waals surface area contributed by atoms with Crippen LogP contribution in [0.5, 0.6) is 5.75 Å². The van der Waals surface area contributed by atoms with Crippen molar-refractivity contribution in [3.63, 3.8) is 0 Å². The molecule has 5 heteroatoms. The van der Waals surface area contributed by atoms with Crippen LogP contribution in [0, 0.1) is 0 Å². The number of nitrogens with zero attached hydrogens (tertiary/aromatic N) is 1. The average Bonchev–Trinajstić information content (AvgIpc) is 2.50. The number of ether oxygens (including phenoxy) is 3. The monoisotopic (exact) mass is 321 g/mol. The molecule has 1 saturated heterocycles. The molecule has 0 N–H and O–H groups in total. The number of hydrogen-bond acceptors (Lipinski definition) is 5. The molecule has 5 nitrogen and oxygen atoms in total. The van der Waals surface area contributed by atoms with Gasteiger partial charge in [-0.1, -0.05) is 12.1 Å². The van der Waals surface area contributed by atoms with Gasteiger partial charge in [-0.25, -0.2) is 0 Å². The minimum absolute atomic E-state index is 0.0112. The number of ketones is 1. The van der Waals surface area contributed by atoms with E-state index in [0.29, 0.717) is 31.1 Å². The minimum atomic E-state index is 0.0112. The maximum Gasteiger partial charge on any atom is 0.163 e. The van der Waals surface area contributed by atoms with E-state index in [1.165, 1.54) is 0 Å². The van der Waals surface area contributed by atoms with Crippen LogP contribution in [0.4, 0.5) is 0 Å². The van der Waals surface area contributed by atoms with Gasteiger partial charge in [-0.2, -0.15) is 0 Å². The zero-order valence-corrected chi connectivity index (χ0v) is 14.3. The summed E-state index contributed by atoms with van der Waals surface area (Å²) in [7, 11) is 0. The van der Waals surface area contributed by atoms with Gasteiger partial charge in [-0.05, 0) is 32.9 Å². The number of carbonyl (C=O) groups excluding carboxylic acids is 1. The number of hydrogen-bond donors (Lipinski definition) is 0. The van der Waals surface area contributed by atoms with Crippen LogP contribution in [0.15, 0.2) is 24.3 Å². The fraction of sp³-hybridized carbons (Fsp3) is 0.611. The minimum Gasteiger partial charge on any atom is -0.490 e. The smallest absolute Gasteiger partial charge is 0.163 e. The van der Waals surface area contributed by atoms with Gasteiger partial charge in [0.2, 0.25) is 0 Å². The van der Waals surface area contributed by atoms with Crippen LogP contribution < -0.4 is 4.74 Å². The van der Waals surface area contributed by atoms with Crippen molar-refractivity contribution in [3.05, 3.63) is 29.8 Å². The number of carbonyl (C=O) groups is 1. The summed E-state index contributed by atoms with van der Waals surface area (Å²) in [4.78, 5) is 13.9. The Hall–Kier alpha value is -1.43. The van der Waals surface area contributed by atoms with Crippen molar-refractivity contribution in [2.24, 2.45) is 0 Å². The first-order valence-electron chi connectivity index (χ1n) is 8.24. The van der Waals surface area contributed by atoms with Crippen LogP contribution in [0.1, 0.15) is 31.1 Å². The Labute approximate surface area is 138 Å². The Morgan fingerprint density at radius 2 is 1.87 bits per heavy atom. The molecule has 0 bridgehead atoms. The van der Waals surface area contributed by atoms with Gasteiger partial charge in [0, 0.05) is 19.6 Å². The van der Waals surface area contributed by atoms with Gasteiger partial charge < -0.3 is 14.2 Å². The highest BCUT2D eigenvalue weighted by Gasteiger charge is 2.21. The molecule has 1 aromatic carbocycles. The average molecular weight is 321 g/mol. The van der Waals surface area contributed by atoms with E-state index < -0.39 is 0 Å². The van der Waals surface area contributed by atoms with Crippen LogP contribution in [0.25, 0.3) is 0 Å². The lowest BCUT2D eigenvalue weighted by molar-refractivity contribution is -0.0734. The standard InChI is InChI=1S/C18H27NO4/c1-14-12-19(13-15(2)23-14)8-9-21-10-11-22-18-7-5-4-6-17(18)16(3)20/h4-7,14-15H,8-13H2,1-3H3/t14-,15-/m0/s1. The predicted octanol–water partition coefficient (Wildman–Crippen LogP) is 2.39. The van der Waals surface area contributed by atoms with E-state index in [1.807, 2.05) is 18.2 Å². The van der Waals surface area contributed by atoms with Crippen LogP contribution in [0.3, 0.4) is 0 Å². The molecule has 1 aliphatic heterocycles. The second kappa shape index (κ2) is 9.01. The van der Waals surface area contributed by atoms with Crippen molar-refractivity contribution >= 4 is 5.78 Å². The molecular weight excluding hydrogens is 294 g/mol. The summed E-state index contributed by atoms with van der Waals surface area (Å²) in [5, 5.41) is 0. The molecule has 1 aliphatic rings. The Morgan fingerprint density at radius 1 is 1.17 bits per heavy atom. The first-order chi connectivity index (χ1) is 11.1. The third-order valence-corrected chi connectivity index (χ3v) is 3.80. The Kier molecular flexibility index (Phi) is 7.02. The zero-order chi connectivity index (χ0) is 16.7. The summed E-state index contributed by atoms with van der Waals surface area (Å²) in [6, 6.07) is 7.29. The summed E-state index contributed by atoms with van der Waals surface area (Å²) in [5.74, 6) is 0.636. The van der Waals surface area contributed by atoms with Crippen LogP contribution in [-0.4, -0.2) is 62.3 Å². The molecule has 0 aliphatic carbocycles. The third-order valence-electron chi connectivity index (χ3n) is 3.80. The summed E-state index contributed by atoms with van der Waals surface area (Å²) in [6.07, 6.45) is 0.565. The molecule has 23 heavy (non-hydrogen) atoms. The van der Waals surface area contributed by atoms with E-state index in [-0.39, 0.29) is 18.0 Å². The number of rotatable bonds is 8. The lowest BCUT2D eigenvalue weighted by Crippen LogP contribution is -2.46. The molecule has 1 aromatic rings. The maximum absolute atomic E-state index is 11.5. The van der Waals surface area contributed by atoms with Crippen molar-refractivity contribution in [3.8, 4) is 5.75 Å². The molecule has 1 fully saturated rings. The zero-order valence-electron chi connectivity index (χ0n) is 14.3. The second-order valence-corrected chi connectivity index (χ2v) is 6.03. The molecule has 0 radical (unpaired) electrons. The number of Topliss-reactive ketones (excluding diaryl/α,β-unsaturated/α-hetero) is 1. The highest BCUT2D eigenvalue weighted by molar-refractivity contribution is 5.96. The third kappa shape index (κ3) is 5.94. The van der Waals surface area contributed by atoms with E-state index in [4.69, 9.17) is 14.2 Å². The molecule has 0 saturated carbocycles.